The van der Waals surface area contributed by atoms with Crippen LogP contribution in [-0.2, 0) is 0 Å². The van der Waals surface area contributed by atoms with Crippen LogP contribution in [0.15, 0.2) is 89.3 Å². The number of fused-ring (bicyclic) bond motifs is 7. The molecule has 0 spiro atoms. The molecule has 6 rings (SSSR count). The lowest BCUT2D eigenvalue weighted by molar-refractivity contribution is 0.669. The predicted molar refractivity (Wildman–Crippen MR) is 105 cm³/mol. The molecular formula is C23H14N2O. The number of nitrogens with zero attached hydrogens (tertiary/aromatic N) is 2. The molecule has 0 aliphatic carbocycles. The van der Waals surface area contributed by atoms with E-state index in [2.05, 4.69) is 59.0 Å². The van der Waals surface area contributed by atoms with E-state index >= 15 is 0 Å². The first-order valence-electron chi connectivity index (χ1n) is 8.67. The molecule has 0 aliphatic rings. The smallest absolute Gasteiger partial charge is 0.150 e. The first-order valence-corrected chi connectivity index (χ1v) is 8.67. The Balaban J connectivity index is 1.92. The second-order valence-corrected chi connectivity index (χ2v) is 6.49. The van der Waals surface area contributed by atoms with Gasteiger partial charge in [0, 0.05) is 11.5 Å². The number of aromatic nitrogens is 2. The molecule has 0 aliphatic heterocycles. The minimum absolute atomic E-state index is 0.868. The van der Waals surface area contributed by atoms with Crippen LogP contribution in [0.1, 0.15) is 0 Å². The molecule has 3 aromatic heterocycles. The van der Waals surface area contributed by atoms with Crippen LogP contribution in [0.2, 0.25) is 0 Å². The number of pyridine rings is 1. The van der Waals surface area contributed by atoms with Crippen molar-refractivity contribution in [2.75, 3.05) is 0 Å². The van der Waals surface area contributed by atoms with Gasteiger partial charge in [-0.2, -0.15) is 0 Å². The molecule has 26 heavy (non-hydrogen) atoms. The van der Waals surface area contributed by atoms with E-state index in [0.717, 1.165) is 49.9 Å². The van der Waals surface area contributed by atoms with Crippen LogP contribution >= 0.6 is 0 Å². The fourth-order valence-electron chi connectivity index (χ4n) is 3.84. The summed E-state index contributed by atoms with van der Waals surface area (Å²) in [4.78, 5) is 4.95. The molecule has 0 bridgehead atoms. The standard InChI is InChI=1S/C23H14N2O/c1-2-8-15(9-3-1)19-14-21-22(16-10-4-7-13-20(16)26-21)23-24-17-11-5-6-12-18(17)25(19)23/h1-14H. The Morgan fingerprint density at radius 2 is 1.50 bits per heavy atom. The highest BCUT2D eigenvalue weighted by Gasteiger charge is 2.18. The zero-order valence-corrected chi connectivity index (χ0v) is 13.9. The highest BCUT2D eigenvalue weighted by atomic mass is 16.3. The van der Waals surface area contributed by atoms with Gasteiger partial charge in [-0.15, -0.1) is 0 Å². The Morgan fingerprint density at radius 3 is 2.42 bits per heavy atom. The van der Waals surface area contributed by atoms with Gasteiger partial charge in [0.1, 0.15) is 16.8 Å². The molecule has 0 fully saturated rings. The lowest BCUT2D eigenvalue weighted by atomic mass is 10.1. The van der Waals surface area contributed by atoms with Gasteiger partial charge in [-0.3, -0.25) is 4.40 Å². The van der Waals surface area contributed by atoms with Gasteiger partial charge in [0.2, 0.25) is 0 Å². The molecule has 3 heteroatoms. The van der Waals surface area contributed by atoms with E-state index in [9.17, 15) is 0 Å². The maximum absolute atomic E-state index is 6.17. The average Bonchev–Trinajstić information content (AvgIpc) is 3.26. The summed E-state index contributed by atoms with van der Waals surface area (Å²) < 4.78 is 8.41. The first-order chi connectivity index (χ1) is 12.9. The lowest BCUT2D eigenvalue weighted by Crippen LogP contribution is -1.92. The Hall–Kier alpha value is -3.59. The summed E-state index contributed by atoms with van der Waals surface area (Å²) in [5.74, 6) is 0. The maximum atomic E-state index is 6.17. The molecule has 6 aromatic rings. The summed E-state index contributed by atoms with van der Waals surface area (Å²) in [7, 11) is 0. The highest BCUT2D eigenvalue weighted by molar-refractivity contribution is 6.14. The minimum atomic E-state index is 0.868. The van der Waals surface area contributed by atoms with Crippen molar-refractivity contribution in [2.45, 2.75) is 0 Å². The fourth-order valence-corrected chi connectivity index (χ4v) is 3.84. The second-order valence-electron chi connectivity index (χ2n) is 6.49. The van der Waals surface area contributed by atoms with E-state index in [1.807, 2.05) is 30.3 Å². The van der Waals surface area contributed by atoms with Crippen molar-refractivity contribution in [1.82, 2.24) is 9.38 Å². The van der Waals surface area contributed by atoms with Gasteiger partial charge in [-0.05, 0) is 23.8 Å². The third kappa shape index (κ3) is 1.74. The zero-order chi connectivity index (χ0) is 17.1. The van der Waals surface area contributed by atoms with Gasteiger partial charge in [0.05, 0.1) is 22.1 Å². The van der Waals surface area contributed by atoms with Crippen molar-refractivity contribution in [1.29, 1.82) is 0 Å². The van der Waals surface area contributed by atoms with Crippen molar-refractivity contribution < 1.29 is 4.42 Å². The molecule has 0 saturated heterocycles. The van der Waals surface area contributed by atoms with E-state index in [1.54, 1.807) is 0 Å². The van der Waals surface area contributed by atoms with E-state index in [1.165, 1.54) is 0 Å². The Labute approximate surface area is 149 Å². The topological polar surface area (TPSA) is 30.4 Å². The van der Waals surface area contributed by atoms with Crippen molar-refractivity contribution >= 4 is 38.6 Å². The molecule has 0 atom stereocenters. The normalized spacial score (nSPS) is 11.8. The van der Waals surface area contributed by atoms with E-state index in [4.69, 9.17) is 9.40 Å². The molecule has 0 unspecified atom stereocenters. The second kappa shape index (κ2) is 4.96. The Morgan fingerprint density at radius 1 is 0.731 bits per heavy atom. The van der Waals surface area contributed by atoms with Gasteiger partial charge in [-0.25, -0.2) is 4.98 Å². The Bertz CT molecular complexity index is 1420. The minimum Gasteiger partial charge on any atom is -0.456 e. The molecule has 0 radical (unpaired) electrons. The maximum Gasteiger partial charge on any atom is 0.150 e. The van der Waals surface area contributed by atoms with Gasteiger partial charge >= 0.3 is 0 Å². The molecule has 3 aromatic carbocycles. The van der Waals surface area contributed by atoms with Crippen LogP contribution in [0.3, 0.4) is 0 Å². The SMILES string of the molecule is c1ccc(-c2cc3oc4ccccc4c3c3nc4ccccc4n23)cc1. The summed E-state index contributed by atoms with van der Waals surface area (Å²) in [5, 5.41) is 2.17. The van der Waals surface area contributed by atoms with Crippen molar-refractivity contribution in [3.05, 3.63) is 84.9 Å². The number of furan rings is 1. The highest BCUT2D eigenvalue weighted by Crippen LogP contribution is 2.37. The van der Waals surface area contributed by atoms with Crippen LogP contribution in [0.25, 0.3) is 49.9 Å². The van der Waals surface area contributed by atoms with E-state index < -0.39 is 0 Å². The van der Waals surface area contributed by atoms with Gasteiger partial charge in [-0.1, -0.05) is 60.7 Å². The number of hydrogen-bond acceptors (Lipinski definition) is 2. The van der Waals surface area contributed by atoms with Crippen LogP contribution in [0.4, 0.5) is 0 Å². The van der Waals surface area contributed by atoms with Gasteiger partial charge < -0.3 is 4.42 Å². The quantitative estimate of drug-likeness (QED) is 0.366. The molecule has 122 valence electrons. The van der Waals surface area contributed by atoms with Crippen LogP contribution < -0.4 is 0 Å². The van der Waals surface area contributed by atoms with Crippen molar-refractivity contribution in [3.8, 4) is 11.3 Å². The summed E-state index contributed by atoms with van der Waals surface area (Å²) in [6, 6.07) is 29.0. The fraction of sp³-hybridized carbons (Fsp3) is 0. The van der Waals surface area contributed by atoms with E-state index in [0.29, 0.717) is 0 Å². The van der Waals surface area contributed by atoms with Gasteiger partial charge in [0.15, 0.2) is 0 Å². The third-order valence-electron chi connectivity index (χ3n) is 4.99. The third-order valence-corrected chi connectivity index (χ3v) is 4.99. The molecule has 0 saturated carbocycles. The number of rotatable bonds is 1. The van der Waals surface area contributed by atoms with Crippen LogP contribution in [-0.4, -0.2) is 9.38 Å². The first kappa shape index (κ1) is 13.7. The molecule has 3 nitrogen and oxygen atoms in total. The van der Waals surface area contributed by atoms with Crippen LogP contribution in [0, 0.1) is 0 Å². The van der Waals surface area contributed by atoms with Crippen molar-refractivity contribution in [2.24, 2.45) is 0 Å². The Kier molecular flexibility index (Phi) is 2.61. The summed E-state index contributed by atoms with van der Waals surface area (Å²) in [5.41, 5.74) is 7.02. The van der Waals surface area contributed by atoms with Crippen molar-refractivity contribution in [3.63, 3.8) is 0 Å². The number of imidazole rings is 1. The summed E-state index contributed by atoms with van der Waals surface area (Å²) >= 11 is 0. The van der Waals surface area contributed by atoms with Crippen LogP contribution in [0.5, 0.6) is 0 Å². The molecular weight excluding hydrogens is 320 g/mol. The molecule has 0 N–H and O–H groups in total. The average molecular weight is 334 g/mol. The summed E-state index contributed by atoms with van der Waals surface area (Å²) in [6.07, 6.45) is 0. The number of benzene rings is 3. The van der Waals surface area contributed by atoms with E-state index in [-0.39, 0.29) is 0 Å². The lowest BCUT2D eigenvalue weighted by Gasteiger charge is -2.07. The number of para-hydroxylation sites is 3. The monoisotopic (exact) mass is 334 g/mol. The molecule has 3 heterocycles. The van der Waals surface area contributed by atoms with Gasteiger partial charge in [0.25, 0.3) is 0 Å². The molecule has 0 amide bonds. The summed E-state index contributed by atoms with van der Waals surface area (Å²) in [6.45, 7) is 0. The largest absolute Gasteiger partial charge is 0.456 e. The number of hydrogen-bond donors (Lipinski definition) is 0. The zero-order valence-electron chi connectivity index (χ0n) is 13.9. The predicted octanol–water partition coefficient (Wildman–Crippen LogP) is 6.05.